The van der Waals surface area contributed by atoms with Crippen molar-refractivity contribution >= 4 is 10.9 Å². The molecular weight excluding hydrogens is 315 g/mol. The van der Waals surface area contributed by atoms with E-state index in [0.717, 1.165) is 0 Å². The Morgan fingerprint density at radius 1 is 0.958 bits per heavy atom. The fourth-order valence-corrected chi connectivity index (χ4v) is 2.60. The van der Waals surface area contributed by atoms with Crippen molar-refractivity contribution in [1.29, 1.82) is 0 Å². The van der Waals surface area contributed by atoms with E-state index in [4.69, 9.17) is 0 Å². The Morgan fingerprint density at radius 2 is 1.58 bits per heavy atom. The van der Waals surface area contributed by atoms with Crippen LogP contribution in [0, 0.1) is 18.8 Å². The van der Waals surface area contributed by atoms with Crippen LogP contribution in [0.25, 0.3) is 10.9 Å². The number of hydrogen-bond acceptors (Lipinski definition) is 1. The average molecular weight is 329 g/mol. The number of rotatable bonds is 1. The maximum Gasteiger partial charge on any atom is 0.434 e. The van der Waals surface area contributed by atoms with Crippen molar-refractivity contribution in [2.75, 3.05) is 0 Å². The molecule has 0 spiro atoms. The summed E-state index contributed by atoms with van der Waals surface area (Å²) in [4.78, 5) is 2.67. The molecule has 0 fully saturated rings. The quantitative estimate of drug-likeness (QED) is 0.642. The summed E-state index contributed by atoms with van der Waals surface area (Å²) in [6.07, 6.45) is -4.94. The van der Waals surface area contributed by atoms with Crippen molar-refractivity contribution in [1.82, 2.24) is 4.98 Å². The monoisotopic (exact) mass is 329 g/mol. The van der Waals surface area contributed by atoms with Crippen molar-refractivity contribution in [3.63, 3.8) is 0 Å². The maximum atomic E-state index is 13.6. The number of aromatic amines is 1. The van der Waals surface area contributed by atoms with Crippen molar-refractivity contribution in [3.05, 3.63) is 71.4 Å². The summed E-state index contributed by atoms with van der Waals surface area (Å²) in [5, 5.41) is 11.1. The van der Waals surface area contributed by atoms with E-state index >= 15 is 0 Å². The van der Waals surface area contributed by atoms with Gasteiger partial charge < -0.3 is 10.1 Å². The lowest BCUT2D eigenvalue weighted by Crippen LogP contribution is -2.42. The highest BCUT2D eigenvalue weighted by atomic mass is 19.4. The van der Waals surface area contributed by atoms with E-state index in [1.807, 2.05) is 5.92 Å². The van der Waals surface area contributed by atoms with Crippen LogP contribution in [0.4, 0.5) is 13.2 Å². The fourth-order valence-electron chi connectivity index (χ4n) is 2.60. The van der Waals surface area contributed by atoms with Gasteiger partial charge >= 0.3 is 6.18 Å². The Morgan fingerprint density at radius 3 is 2.21 bits per heavy atom. The van der Waals surface area contributed by atoms with Gasteiger partial charge in [0.1, 0.15) is 0 Å². The lowest BCUT2D eigenvalue weighted by molar-refractivity contribution is -0.242. The molecule has 3 rings (SSSR count). The minimum absolute atomic E-state index is 0.327. The van der Waals surface area contributed by atoms with Gasteiger partial charge in [0.25, 0.3) is 5.60 Å². The molecule has 24 heavy (non-hydrogen) atoms. The highest BCUT2D eigenvalue weighted by Gasteiger charge is 2.56. The maximum absolute atomic E-state index is 13.6. The lowest BCUT2D eigenvalue weighted by Gasteiger charge is -2.25. The Bertz CT molecular complexity index is 932. The topological polar surface area (TPSA) is 36.0 Å². The van der Waals surface area contributed by atoms with E-state index in [0.29, 0.717) is 22.0 Å². The molecule has 2 nitrogen and oxygen atoms in total. The van der Waals surface area contributed by atoms with E-state index in [1.165, 1.54) is 6.92 Å². The second-order valence-corrected chi connectivity index (χ2v) is 5.49. The van der Waals surface area contributed by atoms with E-state index in [9.17, 15) is 18.3 Å². The van der Waals surface area contributed by atoms with Crippen LogP contribution in [-0.4, -0.2) is 16.3 Å². The van der Waals surface area contributed by atoms with Gasteiger partial charge in [0.15, 0.2) is 0 Å². The molecule has 0 aliphatic carbocycles. The van der Waals surface area contributed by atoms with Crippen LogP contribution in [0.2, 0.25) is 0 Å². The van der Waals surface area contributed by atoms with Crippen LogP contribution in [0.1, 0.15) is 16.8 Å². The molecule has 0 radical (unpaired) electrons. The first-order chi connectivity index (χ1) is 11.3. The second kappa shape index (κ2) is 5.73. The number of hydrogen-bond donors (Lipinski definition) is 2. The molecular formula is C19H14F3NO. The first-order valence-electron chi connectivity index (χ1n) is 7.28. The summed E-state index contributed by atoms with van der Waals surface area (Å²) < 4.78 is 40.9. The number of aryl methyl sites for hydroxylation is 1. The van der Waals surface area contributed by atoms with Crippen molar-refractivity contribution in [2.24, 2.45) is 0 Å². The molecule has 2 aromatic carbocycles. The van der Waals surface area contributed by atoms with Gasteiger partial charge in [-0.2, -0.15) is 13.2 Å². The number of alkyl halides is 3. The molecule has 0 aliphatic heterocycles. The predicted molar refractivity (Wildman–Crippen MR) is 86.3 cm³/mol. The Kier molecular flexibility index (Phi) is 3.86. The van der Waals surface area contributed by atoms with Gasteiger partial charge in [-0.25, -0.2) is 0 Å². The van der Waals surface area contributed by atoms with Gasteiger partial charge in [0, 0.05) is 16.5 Å². The summed E-state index contributed by atoms with van der Waals surface area (Å²) in [6, 6.07) is 15.1. The number of aromatic nitrogens is 1. The number of benzene rings is 2. The highest BCUT2D eigenvalue weighted by Crippen LogP contribution is 2.41. The van der Waals surface area contributed by atoms with Crippen LogP contribution in [0.5, 0.6) is 0 Å². The minimum Gasteiger partial charge on any atom is -0.365 e. The third-order valence-corrected chi connectivity index (χ3v) is 3.90. The standard InChI is InChI=1S/C19H14F3NO/c1-13-15-9-5-6-10-16(15)23-17(13)18(24,19(20,21)22)12-11-14-7-3-2-4-8-14/h2-10,23-24H,1H3. The van der Waals surface area contributed by atoms with Crippen LogP contribution >= 0.6 is 0 Å². The van der Waals surface area contributed by atoms with Gasteiger partial charge in [0.05, 0.1) is 5.69 Å². The van der Waals surface area contributed by atoms with Crippen molar-refractivity contribution < 1.29 is 18.3 Å². The first kappa shape index (κ1) is 16.2. The predicted octanol–water partition coefficient (Wildman–Crippen LogP) is 4.28. The molecule has 0 saturated heterocycles. The van der Waals surface area contributed by atoms with Gasteiger partial charge in [-0.3, -0.25) is 0 Å². The van der Waals surface area contributed by atoms with Crippen LogP contribution in [-0.2, 0) is 5.60 Å². The molecule has 1 unspecified atom stereocenters. The number of fused-ring (bicyclic) bond motifs is 1. The van der Waals surface area contributed by atoms with E-state index in [2.05, 4.69) is 10.9 Å². The molecule has 1 atom stereocenters. The first-order valence-corrected chi connectivity index (χ1v) is 7.28. The second-order valence-electron chi connectivity index (χ2n) is 5.49. The third-order valence-electron chi connectivity index (χ3n) is 3.90. The zero-order valence-electron chi connectivity index (χ0n) is 12.8. The molecule has 3 aromatic rings. The van der Waals surface area contributed by atoms with E-state index in [-0.39, 0.29) is 5.69 Å². The zero-order chi connectivity index (χ0) is 17.4. The molecule has 5 heteroatoms. The molecule has 2 N–H and O–H groups in total. The van der Waals surface area contributed by atoms with Crippen LogP contribution in [0.3, 0.4) is 0 Å². The number of halogens is 3. The molecule has 0 bridgehead atoms. The Hall–Kier alpha value is -2.71. The van der Waals surface area contributed by atoms with Crippen molar-refractivity contribution in [2.45, 2.75) is 18.7 Å². The van der Waals surface area contributed by atoms with Crippen molar-refractivity contribution in [3.8, 4) is 11.8 Å². The summed E-state index contributed by atoms with van der Waals surface area (Å²) in [5.41, 5.74) is -2.37. The molecule has 0 aliphatic rings. The summed E-state index contributed by atoms with van der Waals surface area (Å²) in [5.74, 6) is 4.44. The number of H-pyrrole nitrogens is 1. The van der Waals surface area contributed by atoms with Gasteiger partial charge in [-0.05, 0) is 36.6 Å². The van der Waals surface area contributed by atoms with Gasteiger partial charge in [0.2, 0.25) is 0 Å². The van der Waals surface area contributed by atoms with Crippen LogP contribution in [0.15, 0.2) is 54.6 Å². The summed E-state index contributed by atoms with van der Waals surface area (Å²) >= 11 is 0. The molecule has 0 saturated carbocycles. The summed E-state index contributed by atoms with van der Waals surface area (Å²) in [6.45, 7) is 1.54. The zero-order valence-corrected chi connectivity index (χ0v) is 12.8. The van der Waals surface area contributed by atoms with Gasteiger partial charge in [-0.15, -0.1) is 0 Å². The Labute approximate surface area is 136 Å². The molecule has 0 amide bonds. The van der Waals surface area contributed by atoms with Gasteiger partial charge in [-0.1, -0.05) is 42.3 Å². The highest BCUT2D eigenvalue weighted by molar-refractivity contribution is 5.85. The molecule has 1 heterocycles. The number of aliphatic hydroxyl groups is 1. The largest absolute Gasteiger partial charge is 0.434 e. The average Bonchev–Trinajstić information content (AvgIpc) is 2.90. The lowest BCUT2D eigenvalue weighted by atomic mass is 9.95. The van der Waals surface area contributed by atoms with Crippen LogP contribution < -0.4 is 0 Å². The molecule has 1 aromatic heterocycles. The van der Waals surface area contributed by atoms with E-state index < -0.39 is 11.8 Å². The Balaban J connectivity index is 2.19. The smallest absolute Gasteiger partial charge is 0.365 e. The minimum atomic E-state index is -4.94. The van der Waals surface area contributed by atoms with E-state index in [1.54, 1.807) is 54.6 Å². The fraction of sp³-hybridized carbons (Fsp3) is 0.158. The summed E-state index contributed by atoms with van der Waals surface area (Å²) in [7, 11) is 0. The SMILES string of the molecule is Cc1c(C(O)(C#Cc2ccccc2)C(F)(F)F)[nH]c2ccccc12. The number of para-hydroxylation sites is 1. The molecule has 122 valence electrons. The normalized spacial score (nSPS) is 14.0. The number of nitrogens with one attached hydrogen (secondary N) is 1. The third kappa shape index (κ3) is 2.66.